The first-order valence-corrected chi connectivity index (χ1v) is 8.67. The molecule has 0 bridgehead atoms. The van der Waals surface area contributed by atoms with E-state index in [2.05, 4.69) is 10.5 Å². The number of nitrogens with one attached hydrogen (secondary N) is 1. The second kappa shape index (κ2) is 8.54. The third kappa shape index (κ3) is 4.64. The summed E-state index contributed by atoms with van der Waals surface area (Å²) < 4.78 is 10.9. The highest BCUT2D eigenvalue weighted by atomic mass is 35.5. The van der Waals surface area contributed by atoms with Crippen LogP contribution in [-0.2, 0) is 13.0 Å². The normalized spacial score (nSPS) is 10.5. The molecule has 0 radical (unpaired) electrons. The van der Waals surface area contributed by atoms with Crippen LogP contribution < -0.4 is 10.1 Å². The number of hydrogen-bond donors (Lipinski definition) is 1. The molecule has 0 spiro atoms. The van der Waals surface area contributed by atoms with Crippen molar-refractivity contribution in [2.45, 2.75) is 20.0 Å². The van der Waals surface area contributed by atoms with E-state index in [9.17, 15) is 4.79 Å². The number of amides is 1. The number of carbonyl (C=O) groups is 1. The lowest BCUT2D eigenvalue weighted by atomic mass is 10.1. The lowest BCUT2D eigenvalue weighted by molar-refractivity contribution is 0.0943. The second-order valence-electron chi connectivity index (χ2n) is 5.80. The van der Waals surface area contributed by atoms with Crippen molar-refractivity contribution in [1.29, 1.82) is 0 Å². The van der Waals surface area contributed by atoms with Gasteiger partial charge in [0.25, 0.3) is 5.91 Å². The zero-order valence-electron chi connectivity index (χ0n) is 14.4. The highest BCUT2D eigenvalue weighted by molar-refractivity contribution is 6.30. The summed E-state index contributed by atoms with van der Waals surface area (Å²) in [7, 11) is 0. The Balaban J connectivity index is 1.59. The molecule has 2 aromatic carbocycles. The van der Waals surface area contributed by atoms with E-state index >= 15 is 0 Å². The summed E-state index contributed by atoms with van der Waals surface area (Å²) in [6, 6.07) is 17.0. The molecule has 0 fully saturated rings. The number of rotatable bonds is 7. The Morgan fingerprint density at radius 3 is 2.62 bits per heavy atom. The summed E-state index contributed by atoms with van der Waals surface area (Å²) >= 11 is 5.86. The number of benzene rings is 2. The minimum Gasteiger partial charge on any atom is -0.489 e. The maximum Gasteiger partial charge on any atom is 0.273 e. The van der Waals surface area contributed by atoms with Crippen molar-refractivity contribution in [1.82, 2.24) is 10.5 Å². The fraction of sp³-hybridized carbons (Fsp3) is 0.200. The van der Waals surface area contributed by atoms with E-state index in [-0.39, 0.29) is 18.2 Å². The van der Waals surface area contributed by atoms with Crippen molar-refractivity contribution in [2.24, 2.45) is 0 Å². The number of carbonyl (C=O) groups excluding carboxylic acids is 1. The Labute approximate surface area is 156 Å². The Morgan fingerprint density at radius 1 is 1.15 bits per heavy atom. The van der Waals surface area contributed by atoms with Crippen LogP contribution in [0.25, 0.3) is 0 Å². The maximum absolute atomic E-state index is 12.4. The zero-order chi connectivity index (χ0) is 18.4. The quantitative estimate of drug-likeness (QED) is 0.677. The predicted octanol–water partition coefficient (Wildman–Crippen LogP) is 4.19. The van der Waals surface area contributed by atoms with E-state index in [1.54, 1.807) is 31.2 Å². The van der Waals surface area contributed by atoms with Gasteiger partial charge in [0.1, 0.15) is 18.1 Å². The van der Waals surface area contributed by atoms with Crippen molar-refractivity contribution < 1.29 is 14.1 Å². The molecule has 134 valence electrons. The van der Waals surface area contributed by atoms with Gasteiger partial charge >= 0.3 is 0 Å². The molecule has 0 saturated carbocycles. The summed E-state index contributed by atoms with van der Waals surface area (Å²) in [5.41, 5.74) is 2.05. The number of aryl methyl sites for hydroxylation is 1. The molecule has 1 aromatic heterocycles. The van der Waals surface area contributed by atoms with E-state index in [1.807, 2.05) is 30.3 Å². The fourth-order valence-electron chi connectivity index (χ4n) is 2.47. The van der Waals surface area contributed by atoms with Crippen LogP contribution in [0.3, 0.4) is 0 Å². The van der Waals surface area contributed by atoms with Crippen LogP contribution in [0.2, 0.25) is 5.02 Å². The Morgan fingerprint density at radius 2 is 1.88 bits per heavy atom. The lowest BCUT2D eigenvalue weighted by Gasteiger charge is -2.07. The minimum atomic E-state index is -0.271. The Bertz CT molecular complexity index is 861. The first kappa shape index (κ1) is 18.0. The standard InChI is InChI=1S/C20H19ClN2O3/c1-14-18(13-25-17-9-7-16(21)8-10-17)19(23-26-14)20(24)22-12-11-15-5-3-2-4-6-15/h2-10H,11-13H2,1H3,(H,22,24). The summed E-state index contributed by atoms with van der Waals surface area (Å²) in [6.45, 7) is 2.47. The van der Waals surface area contributed by atoms with Gasteiger partial charge in [-0.05, 0) is 43.2 Å². The zero-order valence-corrected chi connectivity index (χ0v) is 15.1. The van der Waals surface area contributed by atoms with Gasteiger partial charge in [-0.2, -0.15) is 0 Å². The molecular weight excluding hydrogens is 352 g/mol. The van der Waals surface area contributed by atoms with Gasteiger partial charge < -0.3 is 14.6 Å². The number of nitrogens with zero attached hydrogens (tertiary/aromatic N) is 1. The molecule has 0 aliphatic heterocycles. The van der Waals surface area contributed by atoms with Gasteiger partial charge in [0.05, 0.1) is 5.56 Å². The van der Waals surface area contributed by atoms with Crippen LogP contribution in [0.15, 0.2) is 59.1 Å². The summed E-state index contributed by atoms with van der Waals surface area (Å²) in [5.74, 6) is 0.949. The van der Waals surface area contributed by atoms with E-state index in [1.165, 1.54) is 0 Å². The molecule has 1 heterocycles. The monoisotopic (exact) mass is 370 g/mol. The first-order chi connectivity index (χ1) is 12.6. The number of ether oxygens (including phenoxy) is 1. The van der Waals surface area contributed by atoms with Gasteiger partial charge in [0, 0.05) is 11.6 Å². The summed E-state index contributed by atoms with van der Waals surface area (Å²) in [5, 5.41) is 7.39. The smallest absolute Gasteiger partial charge is 0.273 e. The predicted molar refractivity (Wildman–Crippen MR) is 99.5 cm³/mol. The molecule has 0 saturated heterocycles. The SMILES string of the molecule is Cc1onc(C(=O)NCCc2ccccc2)c1COc1ccc(Cl)cc1. The van der Waals surface area contributed by atoms with Crippen LogP contribution >= 0.6 is 11.6 Å². The van der Waals surface area contributed by atoms with Crippen molar-refractivity contribution in [3.63, 3.8) is 0 Å². The lowest BCUT2D eigenvalue weighted by Crippen LogP contribution is -2.27. The molecular formula is C20H19ClN2O3. The molecule has 0 aliphatic carbocycles. The topological polar surface area (TPSA) is 64.4 Å². The largest absolute Gasteiger partial charge is 0.489 e. The average molecular weight is 371 g/mol. The van der Waals surface area contributed by atoms with Crippen molar-refractivity contribution in [3.05, 3.63) is 82.2 Å². The molecule has 26 heavy (non-hydrogen) atoms. The molecule has 3 aromatic rings. The van der Waals surface area contributed by atoms with Crippen molar-refractivity contribution in [3.8, 4) is 5.75 Å². The van der Waals surface area contributed by atoms with Gasteiger partial charge in [0.15, 0.2) is 5.69 Å². The van der Waals surface area contributed by atoms with Gasteiger partial charge in [0.2, 0.25) is 0 Å². The van der Waals surface area contributed by atoms with Crippen LogP contribution in [0, 0.1) is 6.92 Å². The van der Waals surface area contributed by atoms with E-state index in [4.69, 9.17) is 20.9 Å². The summed E-state index contributed by atoms with van der Waals surface area (Å²) in [4.78, 5) is 12.4. The van der Waals surface area contributed by atoms with E-state index in [0.29, 0.717) is 28.6 Å². The molecule has 0 unspecified atom stereocenters. The fourth-order valence-corrected chi connectivity index (χ4v) is 2.60. The van der Waals surface area contributed by atoms with Gasteiger partial charge in [-0.1, -0.05) is 47.1 Å². The van der Waals surface area contributed by atoms with Crippen LogP contribution in [0.4, 0.5) is 0 Å². The second-order valence-corrected chi connectivity index (χ2v) is 6.24. The third-order valence-corrected chi connectivity index (χ3v) is 4.19. The average Bonchev–Trinajstić information content (AvgIpc) is 3.03. The van der Waals surface area contributed by atoms with Crippen LogP contribution in [0.5, 0.6) is 5.75 Å². The molecule has 0 aliphatic rings. The van der Waals surface area contributed by atoms with E-state index < -0.39 is 0 Å². The van der Waals surface area contributed by atoms with Gasteiger partial charge in [-0.25, -0.2) is 0 Å². The number of halogens is 1. The minimum absolute atomic E-state index is 0.193. The molecule has 1 amide bonds. The molecule has 5 nitrogen and oxygen atoms in total. The van der Waals surface area contributed by atoms with Crippen LogP contribution in [-0.4, -0.2) is 17.6 Å². The van der Waals surface area contributed by atoms with Crippen molar-refractivity contribution in [2.75, 3.05) is 6.54 Å². The highest BCUT2D eigenvalue weighted by Gasteiger charge is 2.20. The van der Waals surface area contributed by atoms with Crippen molar-refractivity contribution >= 4 is 17.5 Å². The third-order valence-electron chi connectivity index (χ3n) is 3.94. The molecule has 6 heteroatoms. The summed E-state index contributed by atoms with van der Waals surface area (Å²) in [6.07, 6.45) is 0.750. The molecule has 0 atom stereocenters. The number of aromatic nitrogens is 1. The molecule has 1 N–H and O–H groups in total. The van der Waals surface area contributed by atoms with Gasteiger partial charge in [-0.15, -0.1) is 0 Å². The maximum atomic E-state index is 12.4. The van der Waals surface area contributed by atoms with Crippen LogP contribution in [0.1, 0.15) is 27.4 Å². The molecule has 3 rings (SSSR count). The number of hydrogen-bond acceptors (Lipinski definition) is 4. The van der Waals surface area contributed by atoms with Gasteiger partial charge in [-0.3, -0.25) is 4.79 Å². The highest BCUT2D eigenvalue weighted by Crippen LogP contribution is 2.20. The first-order valence-electron chi connectivity index (χ1n) is 8.29. The Hall–Kier alpha value is -2.79. The van der Waals surface area contributed by atoms with E-state index in [0.717, 1.165) is 12.0 Å². The Kier molecular flexibility index (Phi) is 5.92.